The second-order valence-corrected chi connectivity index (χ2v) is 2.62. The third kappa shape index (κ3) is 0.351. The van der Waals surface area contributed by atoms with E-state index in [2.05, 4.69) is 0 Å². The third-order valence-electron chi connectivity index (χ3n) is 2.16. The first kappa shape index (κ1) is 4.71. The molecule has 0 N–H and O–H groups in total. The van der Waals surface area contributed by atoms with Crippen LogP contribution in [-0.2, 0) is 0 Å². The van der Waals surface area contributed by atoms with Crippen LogP contribution in [-0.4, -0.2) is 5.92 Å². The number of halogens is 2. The van der Waals surface area contributed by atoms with Crippen molar-refractivity contribution in [1.29, 1.82) is 0 Å². The first-order valence-electron chi connectivity index (χ1n) is 2.94. The van der Waals surface area contributed by atoms with Gasteiger partial charge in [-0.1, -0.05) is 0 Å². The molecule has 2 saturated carbocycles. The van der Waals surface area contributed by atoms with Gasteiger partial charge < -0.3 is 0 Å². The molecule has 2 heteroatoms. The molecule has 0 aromatic rings. The summed E-state index contributed by atoms with van der Waals surface area (Å²) in [5.41, 5.74) is 0. The summed E-state index contributed by atoms with van der Waals surface area (Å²) < 4.78 is 24.4. The largest absolute Gasteiger partial charge is 0.254 e. The van der Waals surface area contributed by atoms with Gasteiger partial charge >= 0.3 is 0 Å². The molecule has 0 saturated heterocycles. The second kappa shape index (κ2) is 1.07. The highest BCUT2D eigenvalue weighted by Gasteiger charge is 2.69. The Kier molecular flexibility index (Phi) is 0.628. The van der Waals surface area contributed by atoms with Crippen LogP contribution in [0.1, 0.15) is 12.8 Å². The van der Waals surface area contributed by atoms with E-state index in [9.17, 15) is 8.78 Å². The van der Waals surface area contributed by atoms with Crippen molar-refractivity contribution in [3.63, 3.8) is 0 Å². The van der Waals surface area contributed by atoms with Crippen molar-refractivity contribution < 1.29 is 8.78 Å². The van der Waals surface area contributed by atoms with Crippen molar-refractivity contribution >= 4 is 0 Å². The summed E-state index contributed by atoms with van der Waals surface area (Å²) >= 11 is 0. The topological polar surface area (TPSA) is 0 Å². The van der Waals surface area contributed by atoms with Gasteiger partial charge in [0.1, 0.15) is 0 Å². The van der Waals surface area contributed by atoms with Gasteiger partial charge in [-0.3, -0.25) is 0 Å². The van der Waals surface area contributed by atoms with E-state index in [-0.39, 0.29) is 11.8 Å². The minimum Gasteiger partial charge on any atom is -0.206 e. The molecule has 2 unspecified atom stereocenters. The second-order valence-electron chi connectivity index (χ2n) is 2.62. The number of rotatable bonds is 0. The van der Waals surface area contributed by atoms with Gasteiger partial charge in [-0.25, -0.2) is 8.78 Å². The lowest BCUT2D eigenvalue weighted by Gasteiger charge is -1.96. The van der Waals surface area contributed by atoms with E-state index in [1.54, 1.807) is 6.42 Å². The summed E-state index contributed by atoms with van der Waals surface area (Å²) in [6.45, 7) is 0. The molecule has 2 atom stereocenters. The Balaban J connectivity index is 2.13. The Hall–Kier alpha value is -0.140. The van der Waals surface area contributed by atoms with Crippen LogP contribution in [0.3, 0.4) is 0 Å². The summed E-state index contributed by atoms with van der Waals surface area (Å²) in [4.78, 5) is 0. The van der Waals surface area contributed by atoms with Gasteiger partial charge in [0, 0.05) is 11.8 Å². The van der Waals surface area contributed by atoms with Crippen LogP contribution >= 0.6 is 0 Å². The van der Waals surface area contributed by atoms with Crippen LogP contribution in [0.4, 0.5) is 8.78 Å². The number of hydrogen-bond donors (Lipinski definition) is 0. The van der Waals surface area contributed by atoms with Crippen LogP contribution in [0, 0.1) is 18.3 Å². The number of fused-ring (bicyclic) bond motifs is 1. The SMILES string of the molecule is FC1(F)C2[CH]CCC21. The minimum absolute atomic E-state index is 0.262. The van der Waals surface area contributed by atoms with E-state index in [4.69, 9.17) is 0 Å². The van der Waals surface area contributed by atoms with E-state index < -0.39 is 5.92 Å². The maximum Gasteiger partial charge on any atom is 0.254 e. The molecule has 0 aliphatic heterocycles. The Bertz CT molecular complexity index is 108. The number of alkyl halides is 2. The molecule has 0 spiro atoms. The molecule has 0 bridgehead atoms. The first-order valence-corrected chi connectivity index (χ1v) is 2.94. The Labute approximate surface area is 46.9 Å². The van der Waals surface area contributed by atoms with E-state index in [0.29, 0.717) is 0 Å². The molecule has 0 aromatic heterocycles. The van der Waals surface area contributed by atoms with Gasteiger partial charge in [0.2, 0.25) is 0 Å². The standard InChI is InChI=1S/C6H7F2/c7-6(8)4-2-1-3-5(4)6/h2,4-5H,1,3H2. The van der Waals surface area contributed by atoms with E-state index in [1.165, 1.54) is 0 Å². The Morgan fingerprint density at radius 2 is 2.25 bits per heavy atom. The summed E-state index contributed by atoms with van der Waals surface area (Å²) in [5.74, 6) is -2.89. The van der Waals surface area contributed by atoms with Gasteiger partial charge in [-0.05, 0) is 19.3 Å². The fourth-order valence-electron chi connectivity index (χ4n) is 1.57. The summed E-state index contributed by atoms with van der Waals surface area (Å²) in [6.07, 6.45) is 3.38. The van der Waals surface area contributed by atoms with Crippen molar-refractivity contribution in [3.05, 3.63) is 6.42 Å². The predicted octanol–water partition coefficient (Wildman–Crippen LogP) is 1.87. The fraction of sp³-hybridized carbons (Fsp3) is 0.833. The van der Waals surface area contributed by atoms with Gasteiger partial charge in [0.25, 0.3) is 5.92 Å². The average molecular weight is 117 g/mol. The third-order valence-corrected chi connectivity index (χ3v) is 2.16. The molecule has 2 aliphatic rings. The molecule has 8 heavy (non-hydrogen) atoms. The van der Waals surface area contributed by atoms with Gasteiger partial charge in [0.15, 0.2) is 0 Å². The first-order chi connectivity index (χ1) is 3.73. The Morgan fingerprint density at radius 3 is 2.50 bits per heavy atom. The quantitative estimate of drug-likeness (QED) is 0.454. The molecular formula is C6H7F2. The van der Waals surface area contributed by atoms with Crippen LogP contribution in [0.25, 0.3) is 0 Å². The lowest BCUT2D eigenvalue weighted by atomic mass is 10.2. The molecular weight excluding hydrogens is 110 g/mol. The molecule has 1 radical (unpaired) electrons. The van der Waals surface area contributed by atoms with Crippen molar-refractivity contribution in [2.45, 2.75) is 18.8 Å². The molecule has 0 aromatic carbocycles. The molecule has 2 fully saturated rings. The van der Waals surface area contributed by atoms with Gasteiger partial charge in [-0.2, -0.15) is 0 Å². The van der Waals surface area contributed by atoms with Crippen molar-refractivity contribution in [2.75, 3.05) is 0 Å². The van der Waals surface area contributed by atoms with E-state index >= 15 is 0 Å². The Morgan fingerprint density at radius 1 is 1.50 bits per heavy atom. The minimum atomic E-state index is -2.29. The zero-order valence-corrected chi connectivity index (χ0v) is 4.40. The van der Waals surface area contributed by atoms with E-state index in [0.717, 1.165) is 12.8 Å². The van der Waals surface area contributed by atoms with Crippen LogP contribution in [0.15, 0.2) is 0 Å². The highest BCUT2D eigenvalue weighted by atomic mass is 19.3. The van der Waals surface area contributed by atoms with Crippen molar-refractivity contribution in [2.24, 2.45) is 11.8 Å². The summed E-state index contributed by atoms with van der Waals surface area (Å²) in [7, 11) is 0. The fourth-order valence-corrected chi connectivity index (χ4v) is 1.57. The van der Waals surface area contributed by atoms with Crippen LogP contribution in [0.2, 0.25) is 0 Å². The molecule has 2 aliphatic carbocycles. The van der Waals surface area contributed by atoms with Gasteiger partial charge in [0.05, 0.1) is 0 Å². The lowest BCUT2D eigenvalue weighted by Crippen LogP contribution is -1.98. The highest BCUT2D eigenvalue weighted by molar-refractivity contribution is 5.16. The maximum atomic E-state index is 12.2. The maximum absolute atomic E-state index is 12.2. The monoisotopic (exact) mass is 117 g/mol. The lowest BCUT2D eigenvalue weighted by molar-refractivity contribution is 0.0807. The number of hydrogen-bond acceptors (Lipinski definition) is 0. The van der Waals surface area contributed by atoms with Crippen molar-refractivity contribution in [1.82, 2.24) is 0 Å². The average Bonchev–Trinajstić information content (AvgIpc) is 2.22. The molecule has 45 valence electrons. The zero-order chi connectivity index (χ0) is 5.78. The predicted molar refractivity (Wildman–Crippen MR) is 25.5 cm³/mol. The zero-order valence-electron chi connectivity index (χ0n) is 4.40. The normalized spacial score (nSPS) is 48.8. The van der Waals surface area contributed by atoms with Crippen molar-refractivity contribution in [3.8, 4) is 0 Å². The van der Waals surface area contributed by atoms with Crippen LogP contribution in [0.5, 0.6) is 0 Å². The highest BCUT2D eigenvalue weighted by Crippen LogP contribution is 2.63. The van der Waals surface area contributed by atoms with Gasteiger partial charge in [-0.15, -0.1) is 0 Å². The summed E-state index contributed by atoms with van der Waals surface area (Å²) in [5, 5.41) is 0. The van der Waals surface area contributed by atoms with E-state index in [1.807, 2.05) is 0 Å². The molecule has 2 rings (SSSR count). The molecule has 0 amide bonds. The smallest absolute Gasteiger partial charge is 0.206 e. The summed E-state index contributed by atoms with van der Waals surface area (Å²) in [6, 6.07) is 0. The molecule has 0 heterocycles. The molecule has 0 nitrogen and oxygen atoms in total. The van der Waals surface area contributed by atoms with Crippen LogP contribution < -0.4 is 0 Å².